The number of hydrogen-bond donors (Lipinski definition) is 1. The zero-order valence-electron chi connectivity index (χ0n) is 14.9. The van der Waals surface area contributed by atoms with E-state index >= 15 is 0 Å². The van der Waals surface area contributed by atoms with E-state index in [0.29, 0.717) is 6.42 Å². The topological polar surface area (TPSA) is 37.3 Å². The van der Waals surface area contributed by atoms with E-state index in [9.17, 15) is 4.79 Å². The molecule has 0 radical (unpaired) electrons. The fourth-order valence-corrected chi connectivity index (χ4v) is 2.68. The Balaban J connectivity index is 3.09. The third-order valence-electron chi connectivity index (χ3n) is 4.12. The van der Waals surface area contributed by atoms with Gasteiger partial charge in [0, 0.05) is 12.8 Å². The summed E-state index contributed by atoms with van der Waals surface area (Å²) in [6.07, 6.45) is 28.2. The van der Waals surface area contributed by atoms with Crippen LogP contribution in [0, 0.1) is 12.3 Å². The second-order valence-corrected chi connectivity index (χ2v) is 6.39. The molecule has 0 amide bonds. The highest BCUT2D eigenvalue weighted by atomic mass is 16.4. The van der Waals surface area contributed by atoms with Crippen molar-refractivity contribution in [1.82, 2.24) is 0 Å². The summed E-state index contributed by atoms with van der Waals surface area (Å²) in [6.45, 7) is 0. The van der Waals surface area contributed by atoms with Gasteiger partial charge in [-0.05, 0) is 38.5 Å². The van der Waals surface area contributed by atoms with E-state index in [1.54, 1.807) is 0 Å². The SMILES string of the molecule is C#CCCCCCCCCC=CCCCCCCCCC(=O)O. The zero-order chi connectivity index (χ0) is 17.0. The first-order valence-corrected chi connectivity index (χ1v) is 9.57. The summed E-state index contributed by atoms with van der Waals surface area (Å²) < 4.78 is 0. The lowest BCUT2D eigenvalue weighted by Crippen LogP contribution is -1.93. The van der Waals surface area contributed by atoms with Crippen molar-refractivity contribution in [1.29, 1.82) is 0 Å². The molecule has 1 N–H and O–H groups in total. The maximum Gasteiger partial charge on any atom is 0.303 e. The molecule has 0 aliphatic carbocycles. The van der Waals surface area contributed by atoms with Gasteiger partial charge in [0.2, 0.25) is 0 Å². The molecule has 2 heteroatoms. The van der Waals surface area contributed by atoms with E-state index < -0.39 is 5.97 Å². The molecule has 0 aromatic carbocycles. The predicted octanol–water partition coefficient (Wildman–Crippen LogP) is 6.50. The quantitative estimate of drug-likeness (QED) is 0.189. The second-order valence-electron chi connectivity index (χ2n) is 6.39. The maximum atomic E-state index is 10.4. The van der Waals surface area contributed by atoms with Gasteiger partial charge in [-0.1, -0.05) is 63.5 Å². The number of rotatable bonds is 17. The van der Waals surface area contributed by atoms with Crippen molar-refractivity contribution >= 4 is 5.97 Å². The molecule has 2 nitrogen and oxygen atoms in total. The fraction of sp³-hybridized carbons (Fsp3) is 0.762. The first-order chi connectivity index (χ1) is 11.3. The van der Waals surface area contributed by atoms with Crippen LogP contribution in [-0.2, 0) is 4.79 Å². The Morgan fingerprint density at radius 1 is 0.739 bits per heavy atom. The molecule has 0 heterocycles. The van der Waals surface area contributed by atoms with E-state index in [1.807, 2.05) is 0 Å². The van der Waals surface area contributed by atoms with Gasteiger partial charge < -0.3 is 5.11 Å². The van der Waals surface area contributed by atoms with Gasteiger partial charge in [-0.25, -0.2) is 0 Å². The molecule has 0 spiro atoms. The molecule has 0 aliphatic heterocycles. The average Bonchev–Trinajstić information content (AvgIpc) is 2.53. The molecule has 0 aromatic rings. The molecule has 0 unspecified atom stereocenters. The number of terminal acetylenes is 1. The number of carbonyl (C=O) groups is 1. The van der Waals surface area contributed by atoms with Crippen molar-refractivity contribution in [2.75, 3.05) is 0 Å². The van der Waals surface area contributed by atoms with Crippen LogP contribution in [0.15, 0.2) is 12.2 Å². The lowest BCUT2D eigenvalue weighted by molar-refractivity contribution is -0.137. The smallest absolute Gasteiger partial charge is 0.303 e. The van der Waals surface area contributed by atoms with Gasteiger partial charge in [-0.15, -0.1) is 12.3 Å². The molecular formula is C21H36O2. The van der Waals surface area contributed by atoms with Crippen LogP contribution >= 0.6 is 0 Å². The first kappa shape index (κ1) is 21.8. The van der Waals surface area contributed by atoms with Crippen molar-refractivity contribution in [2.24, 2.45) is 0 Å². The molecule has 0 fully saturated rings. The lowest BCUT2D eigenvalue weighted by atomic mass is 10.1. The van der Waals surface area contributed by atoms with Crippen LogP contribution in [0.25, 0.3) is 0 Å². The first-order valence-electron chi connectivity index (χ1n) is 9.57. The van der Waals surface area contributed by atoms with Gasteiger partial charge in [0.25, 0.3) is 0 Å². The minimum absolute atomic E-state index is 0.327. The number of allylic oxidation sites excluding steroid dienone is 2. The summed E-state index contributed by atoms with van der Waals surface area (Å²) in [4.78, 5) is 10.4. The third kappa shape index (κ3) is 20.8. The summed E-state index contributed by atoms with van der Waals surface area (Å²) in [6, 6.07) is 0. The average molecular weight is 321 g/mol. The molecular weight excluding hydrogens is 284 g/mol. The Kier molecular flexibility index (Phi) is 17.8. The number of carboxylic acids is 1. The molecule has 132 valence electrons. The Bertz CT molecular complexity index is 325. The molecule has 0 rings (SSSR count). The van der Waals surface area contributed by atoms with Crippen LogP contribution in [0.4, 0.5) is 0 Å². The van der Waals surface area contributed by atoms with Crippen LogP contribution < -0.4 is 0 Å². The monoisotopic (exact) mass is 320 g/mol. The molecule has 0 aliphatic rings. The highest BCUT2D eigenvalue weighted by molar-refractivity contribution is 5.66. The fourth-order valence-electron chi connectivity index (χ4n) is 2.68. The minimum Gasteiger partial charge on any atom is -0.481 e. The third-order valence-corrected chi connectivity index (χ3v) is 4.12. The van der Waals surface area contributed by atoms with Crippen molar-refractivity contribution in [3.63, 3.8) is 0 Å². The number of aliphatic carboxylic acids is 1. The number of unbranched alkanes of at least 4 members (excludes halogenated alkanes) is 13. The van der Waals surface area contributed by atoms with Crippen LogP contribution in [0.2, 0.25) is 0 Å². The summed E-state index contributed by atoms with van der Waals surface area (Å²) in [7, 11) is 0. The van der Waals surface area contributed by atoms with E-state index in [1.165, 1.54) is 77.0 Å². The van der Waals surface area contributed by atoms with Gasteiger partial charge in [0.05, 0.1) is 0 Å². The summed E-state index contributed by atoms with van der Waals surface area (Å²) in [5.74, 6) is 2.03. The van der Waals surface area contributed by atoms with E-state index in [2.05, 4.69) is 18.1 Å². The molecule has 0 atom stereocenters. The predicted molar refractivity (Wildman–Crippen MR) is 99.5 cm³/mol. The summed E-state index contributed by atoms with van der Waals surface area (Å²) in [5.41, 5.74) is 0. The van der Waals surface area contributed by atoms with E-state index in [4.69, 9.17) is 11.5 Å². The largest absolute Gasteiger partial charge is 0.481 e. The Hall–Kier alpha value is -1.23. The van der Waals surface area contributed by atoms with Crippen LogP contribution in [0.1, 0.15) is 103 Å². The molecule has 0 aromatic heterocycles. The molecule has 0 saturated carbocycles. The number of hydrogen-bond acceptors (Lipinski definition) is 1. The van der Waals surface area contributed by atoms with Gasteiger partial charge in [-0.3, -0.25) is 4.79 Å². The lowest BCUT2D eigenvalue weighted by Gasteiger charge is -2.00. The van der Waals surface area contributed by atoms with Crippen molar-refractivity contribution in [3.8, 4) is 12.3 Å². The minimum atomic E-state index is -0.668. The normalized spacial score (nSPS) is 10.9. The van der Waals surface area contributed by atoms with Crippen molar-refractivity contribution in [3.05, 3.63) is 12.2 Å². The van der Waals surface area contributed by atoms with Gasteiger partial charge >= 0.3 is 5.97 Å². The Morgan fingerprint density at radius 2 is 1.17 bits per heavy atom. The Morgan fingerprint density at radius 3 is 1.65 bits per heavy atom. The standard InChI is InChI=1S/C21H36O2/c1-2-3-4-5-6-7-8-9-10-11-12-13-14-15-16-17-18-19-20-21(22)23/h1,11-12H,3-10,13-20H2,(H,22,23). The maximum absolute atomic E-state index is 10.4. The molecule has 23 heavy (non-hydrogen) atoms. The van der Waals surface area contributed by atoms with Gasteiger partial charge in [0.1, 0.15) is 0 Å². The Labute approximate surface area is 143 Å². The number of carboxylic acid groups (broad SMARTS) is 1. The highest BCUT2D eigenvalue weighted by Gasteiger charge is 1.96. The molecule has 0 saturated heterocycles. The van der Waals surface area contributed by atoms with Crippen molar-refractivity contribution < 1.29 is 9.90 Å². The van der Waals surface area contributed by atoms with Crippen LogP contribution in [-0.4, -0.2) is 11.1 Å². The van der Waals surface area contributed by atoms with Crippen LogP contribution in [0.5, 0.6) is 0 Å². The molecule has 0 bridgehead atoms. The summed E-state index contributed by atoms with van der Waals surface area (Å²) in [5, 5.41) is 8.53. The second kappa shape index (κ2) is 18.8. The summed E-state index contributed by atoms with van der Waals surface area (Å²) >= 11 is 0. The van der Waals surface area contributed by atoms with E-state index in [0.717, 1.165) is 19.3 Å². The van der Waals surface area contributed by atoms with E-state index in [-0.39, 0.29) is 0 Å². The van der Waals surface area contributed by atoms with Gasteiger partial charge in [0.15, 0.2) is 0 Å². The zero-order valence-corrected chi connectivity index (χ0v) is 14.9. The highest BCUT2D eigenvalue weighted by Crippen LogP contribution is 2.10. The van der Waals surface area contributed by atoms with Crippen molar-refractivity contribution in [2.45, 2.75) is 103 Å². The van der Waals surface area contributed by atoms with Crippen LogP contribution in [0.3, 0.4) is 0 Å². The van der Waals surface area contributed by atoms with Gasteiger partial charge in [-0.2, -0.15) is 0 Å².